The summed E-state index contributed by atoms with van der Waals surface area (Å²) in [6, 6.07) is 4.77. The Bertz CT molecular complexity index is 736. The quantitative estimate of drug-likeness (QED) is 0.666. The number of hydrogen-bond donors (Lipinski definition) is 1. The molecule has 1 aromatic carbocycles. The van der Waals surface area contributed by atoms with Crippen LogP contribution in [-0.2, 0) is 6.61 Å². The van der Waals surface area contributed by atoms with E-state index in [1.54, 1.807) is 12.1 Å². The molecule has 0 aliphatic carbocycles. The molecule has 1 aliphatic heterocycles. The second-order valence-electron chi connectivity index (χ2n) is 5.69. The molecule has 0 spiro atoms. The van der Waals surface area contributed by atoms with Gasteiger partial charge in [0, 0.05) is 43.8 Å². The first-order valence-corrected chi connectivity index (χ1v) is 8.54. The van der Waals surface area contributed by atoms with Gasteiger partial charge in [-0.3, -0.25) is 10.1 Å². The zero-order valence-electron chi connectivity index (χ0n) is 13.4. The highest BCUT2D eigenvalue weighted by molar-refractivity contribution is 7.09. The smallest absolute Gasteiger partial charge is 0.292 e. The van der Waals surface area contributed by atoms with Gasteiger partial charge in [-0.2, -0.15) is 4.37 Å². The Balaban J connectivity index is 1.82. The summed E-state index contributed by atoms with van der Waals surface area (Å²) in [7, 11) is 0. The number of nitro benzene ring substituents is 1. The number of aliphatic hydroxyl groups is 1. The number of hydrogen-bond acceptors (Lipinski definition) is 8. The molecule has 1 saturated heterocycles. The van der Waals surface area contributed by atoms with Crippen molar-refractivity contribution in [3.05, 3.63) is 39.7 Å². The fraction of sp³-hybridized carbons (Fsp3) is 0.467. The van der Waals surface area contributed by atoms with Crippen LogP contribution >= 0.6 is 11.5 Å². The second-order valence-corrected chi connectivity index (χ2v) is 6.42. The van der Waals surface area contributed by atoms with E-state index >= 15 is 0 Å². The van der Waals surface area contributed by atoms with Crippen LogP contribution in [0.5, 0.6) is 0 Å². The third-order valence-electron chi connectivity index (χ3n) is 4.04. The summed E-state index contributed by atoms with van der Waals surface area (Å²) in [6.07, 6.45) is 0.874. The van der Waals surface area contributed by atoms with Gasteiger partial charge < -0.3 is 14.9 Å². The predicted molar refractivity (Wildman–Crippen MR) is 92.7 cm³/mol. The van der Waals surface area contributed by atoms with Crippen molar-refractivity contribution in [3.8, 4) is 0 Å². The van der Waals surface area contributed by atoms with Gasteiger partial charge in [-0.05, 0) is 31.0 Å². The predicted octanol–water partition coefficient (Wildman–Crippen LogP) is 1.96. The number of anilines is 2. The minimum absolute atomic E-state index is 0.0763. The van der Waals surface area contributed by atoms with Crippen LogP contribution in [0.15, 0.2) is 18.2 Å². The number of aliphatic hydroxyl groups excluding tert-OH is 1. The first-order chi connectivity index (χ1) is 11.6. The Hall–Kier alpha value is -2.26. The lowest BCUT2D eigenvalue weighted by Crippen LogP contribution is -2.31. The standard InChI is InChI=1S/C15H19N5O3S/c1-11-16-15(24-17-11)19-6-2-5-18(7-8-19)14-9-12(10-21)3-4-13(14)20(22)23/h3-4,9,21H,2,5-8,10H2,1H3. The lowest BCUT2D eigenvalue weighted by atomic mass is 10.1. The molecule has 0 saturated carbocycles. The van der Waals surface area contributed by atoms with Crippen LogP contribution in [0.2, 0.25) is 0 Å². The number of nitro groups is 1. The Morgan fingerprint density at radius 3 is 2.71 bits per heavy atom. The van der Waals surface area contributed by atoms with Crippen LogP contribution in [0.25, 0.3) is 0 Å². The zero-order chi connectivity index (χ0) is 17.1. The van der Waals surface area contributed by atoms with Crippen LogP contribution in [0, 0.1) is 17.0 Å². The second kappa shape index (κ2) is 7.10. The summed E-state index contributed by atoms with van der Waals surface area (Å²) in [5, 5.41) is 21.6. The Labute approximate surface area is 143 Å². The average Bonchev–Trinajstić information content (AvgIpc) is 2.86. The molecule has 0 unspecified atom stereocenters. The first-order valence-electron chi connectivity index (χ1n) is 7.77. The molecule has 3 rings (SSSR count). The largest absolute Gasteiger partial charge is 0.392 e. The summed E-state index contributed by atoms with van der Waals surface area (Å²) in [5.74, 6) is 0.766. The van der Waals surface area contributed by atoms with Crippen molar-refractivity contribution in [1.82, 2.24) is 9.36 Å². The maximum atomic E-state index is 11.3. The van der Waals surface area contributed by atoms with E-state index < -0.39 is 0 Å². The molecule has 8 nitrogen and oxygen atoms in total. The third-order valence-corrected chi connectivity index (χ3v) is 4.91. The minimum Gasteiger partial charge on any atom is -0.392 e. The molecule has 24 heavy (non-hydrogen) atoms. The molecule has 1 aromatic heterocycles. The number of rotatable bonds is 4. The van der Waals surface area contributed by atoms with E-state index in [1.165, 1.54) is 17.6 Å². The topological polar surface area (TPSA) is 95.6 Å². The van der Waals surface area contributed by atoms with Gasteiger partial charge in [0.15, 0.2) is 0 Å². The number of benzene rings is 1. The molecule has 0 amide bonds. The maximum absolute atomic E-state index is 11.3. The lowest BCUT2D eigenvalue weighted by Gasteiger charge is -2.23. The summed E-state index contributed by atoms with van der Waals surface area (Å²) in [5.41, 5.74) is 1.32. The maximum Gasteiger partial charge on any atom is 0.292 e. The van der Waals surface area contributed by atoms with Gasteiger partial charge in [0.25, 0.3) is 5.69 Å². The van der Waals surface area contributed by atoms with E-state index in [0.29, 0.717) is 17.8 Å². The number of aromatic nitrogens is 2. The van der Waals surface area contributed by atoms with Crippen LogP contribution in [0.1, 0.15) is 17.8 Å². The average molecular weight is 349 g/mol. The van der Waals surface area contributed by atoms with E-state index in [4.69, 9.17) is 0 Å². The van der Waals surface area contributed by atoms with Crippen LogP contribution in [0.3, 0.4) is 0 Å². The van der Waals surface area contributed by atoms with Gasteiger partial charge >= 0.3 is 0 Å². The summed E-state index contributed by atoms with van der Waals surface area (Å²) in [4.78, 5) is 19.6. The van der Waals surface area contributed by atoms with Crippen molar-refractivity contribution in [2.24, 2.45) is 0 Å². The van der Waals surface area contributed by atoms with E-state index in [1.807, 2.05) is 11.8 Å². The van der Waals surface area contributed by atoms with Gasteiger partial charge in [-0.15, -0.1) is 0 Å². The van der Waals surface area contributed by atoms with Gasteiger partial charge in [0.1, 0.15) is 11.5 Å². The van der Waals surface area contributed by atoms with Crippen molar-refractivity contribution in [3.63, 3.8) is 0 Å². The highest BCUT2D eigenvalue weighted by Crippen LogP contribution is 2.31. The summed E-state index contributed by atoms with van der Waals surface area (Å²) in [6.45, 7) is 4.70. The Kier molecular flexibility index (Phi) is 4.91. The SMILES string of the molecule is Cc1nsc(N2CCCN(c3cc(CO)ccc3[N+](=O)[O-])CC2)n1. The van der Waals surface area contributed by atoms with Crippen molar-refractivity contribution >= 4 is 28.0 Å². The van der Waals surface area contributed by atoms with Gasteiger partial charge in [0.2, 0.25) is 5.13 Å². The molecule has 1 aliphatic rings. The first kappa shape index (κ1) is 16.6. The fourth-order valence-electron chi connectivity index (χ4n) is 2.84. The molecule has 0 atom stereocenters. The van der Waals surface area contributed by atoms with Crippen molar-refractivity contribution < 1.29 is 10.0 Å². The Morgan fingerprint density at radius 1 is 1.29 bits per heavy atom. The highest BCUT2D eigenvalue weighted by atomic mass is 32.1. The van der Waals surface area contributed by atoms with Crippen molar-refractivity contribution in [1.29, 1.82) is 0 Å². The number of nitrogens with zero attached hydrogens (tertiary/aromatic N) is 5. The van der Waals surface area contributed by atoms with Crippen LogP contribution < -0.4 is 9.80 Å². The van der Waals surface area contributed by atoms with Crippen molar-refractivity contribution in [2.75, 3.05) is 36.0 Å². The third kappa shape index (κ3) is 3.46. The monoisotopic (exact) mass is 349 g/mol. The Morgan fingerprint density at radius 2 is 2.04 bits per heavy atom. The summed E-state index contributed by atoms with van der Waals surface area (Å²) >= 11 is 1.38. The molecular formula is C15H19N5O3S. The van der Waals surface area contributed by atoms with Gasteiger partial charge in [-0.1, -0.05) is 0 Å². The van der Waals surface area contributed by atoms with E-state index in [2.05, 4.69) is 14.3 Å². The van der Waals surface area contributed by atoms with E-state index in [0.717, 1.165) is 37.0 Å². The molecule has 9 heteroatoms. The van der Waals surface area contributed by atoms with Crippen molar-refractivity contribution in [2.45, 2.75) is 20.0 Å². The van der Waals surface area contributed by atoms with Crippen LogP contribution in [0.4, 0.5) is 16.5 Å². The summed E-state index contributed by atoms with van der Waals surface area (Å²) < 4.78 is 4.22. The molecule has 0 bridgehead atoms. The van der Waals surface area contributed by atoms with Gasteiger partial charge in [0.05, 0.1) is 11.5 Å². The molecule has 1 fully saturated rings. The minimum atomic E-state index is -0.368. The van der Waals surface area contributed by atoms with Crippen LogP contribution in [-0.4, -0.2) is 45.6 Å². The molecule has 2 heterocycles. The van der Waals surface area contributed by atoms with E-state index in [9.17, 15) is 15.2 Å². The molecule has 1 N–H and O–H groups in total. The molecular weight excluding hydrogens is 330 g/mol. The fourth-order valence-corrected chi connectivity index (χ4v) is 3.56. The van der Waals surface area contributed by atoms with E-state index in [-0.39, 0.29) is 17.2 Å². The zero-order valence-corrected chi connectivity index (χ0v) is 14.2. The normalized spacial score (nSPS) is 15.4. The molecule has 128 valence electrons. The molecule has 2 aromatic rings. The van der Waals surface area contributed by atoms with Gasteiger partial charge in [-0.25, -0.2) is 4.98 Å². The highest BCUT2D eigenvalue weighted by Gasteiger charge is 2.23. The lowest BCUT2D eigenvalue weighted by molar-refractivity contribution is -0.384. The molecule has 0 radical (unpaired) electrons. The number of aryl methyl sites for hydroxylation is 1.